The van der Waals surface area contributed by atoms with E-state index in [-0.39, 0.29) is 9.99 Å². The molecule has 0 saturated carbocycles. The lowest BCUT2D eigenvalue weighted by atomic mass is 10.2. The number of amides is 1. The Labute approximate surface area is 163 Å². The first-order valence-electron chi connectivity index (χ1n) is 8.74. The number of hydrogen-bond acceptors (Lipinski definition) is 4. The lowest BCUT2D eigenvalue weighted by Gasteiger charge is -2.19. The van der Waals surface area contributed by atoms with Crippen molar-refractivity contribution in [3.8, 4) is 5.69 Å². The smallest absolute Gasteiger partial charge is 0.242 e. The van der Waals surface area contributed by atoms with Crippen LogP contribution in [0.5, 0.6) is 0 Å². The summed E-state index contributed by atoms with van der Waals surface area (Å²) in [4.78, 5) is 12.2. The quantitative estimate of drug-likeness (QED) is 0.609. The van der Waals surface area contributed by atoms with Crippen molar-refractivity contribution in [1.29, 1.82) is 0 Å². The van der Waals surface area contributed by atoms with E-state index in [1.165, 1.54) is 5.56 Å². The molecule has 1 amide bonds. The fourth-order valence-corrected chi connectivity index (χ4v) is 6.08. The molecule has 2 aromatic rings. The molecule has 0 unspecified atom stereocenters. The van der Waals surface area contributed by atoms with Crippen LogP contribution >= 0.6 is 23.5 Å². The molecule has 1 aromatic carbocycles. The number of nitrogens with zero attached hydrogens (tertiary/aromatic N) is 2. The number of rotatable bonds is 5. The van der Waals surface area contributed by atoms with Gasteiger partial charge in [-0.3, -0.25) is 4.79 Å². The van der Waals surface area contributed by atoms with Crippen LogP contribution in [0.3, 0.4) is 0 Å². The lowest BCUT2D eigenvalue weighted by Crippen LogP contribution is -2.26. The van der Waals surface area contributed by atoms with E-state index in [1.54, 1.807) is 6.21 Å². The number of carbonyl (C=O) groups excluding carboxylic acids is 1. The highest BCUT2D eigenvalue weighted by Gasteiger charge is 2.32. The SMILES string of the molecule is Cc1cccc(-n2c(C)cc(/C=N\NC(=O)CC3(C)SCCS3)c2C)c1. The van der Waals surface area contributed by atoms with Gasteiger partial charge in [-0.25, -0.2) is 5.43 Å². The second-order valence-corrected chi connectivity index (χ2v) is 10.3. The maximum Gasteiger partial charge on any atom is 0.242 e. The monoisotopic (exact) mass is 387 g/mol. The topological polar surface area (TPSA) is 46.4 Å². The first-order valence-corrected chi connectivity index (χ1v) is 10.7. The zero-order valence-electron chi connectivity index (χ0n) is 15.7. The van der Waals surface area contributed by atoms with Gasteiger partial charge in [-0.05, 0) is 51.5 Å². The van der Waals surface area contributed by atoms with E-state index >= 15 is 0 Å². The maximum atomic E-state index is 12.2. The highest BCUT2D eigenvalue weighted by atomic mass is 32.2. The molecule has 4 nitrogen and oxygen atoms in total. The maximum absolute atomic E-state index is 12.2. The van der Waals surface area contributed by atoms with Crippen molar-refractivity contribution >= 4 is 35.6 Å². The first kappa shape index (κ1) is 19.1. The Balaban J connectivity index is 1.69. The summed E-state index contributed by atoms with van der Waals surface area (Å²) in [6.07, 6.45) is 2.23. The normalized spacial score (nSPS) is 16.3. The Morgan fingerprint density at radius 1 is 1.27 bits per heavy atom. The minimum Gasteiger partial charge on any atom is -0.318 e. The summed E-state index contributed by atoms with van der Waals surface area (Å²) in [7, 11) is 0. The average Bonchev–Trinajstić information content (AvgIpc) is 3.11. The van der Waals surface area contributed by atoms with Gasteiger partial charge in [0.05, 0.1) is 16.7 Å². The number of hydrazone groups is 1. The molecule has 1 aliphatic heterocycles. The van der Waals surface area contributed by atoms with Crippen LogP contribution in [0.2, 0.25) is 0 Å². The Morgan fingerprint density at radius 2 is 2.00 bits per heavy atom. The van der Waals surface area contributed by atoms with Crippen molar-refractivity contribution < 1.29 is 4.79 Å². The summed E-state index contributed by atoms with van der Waals surface area (Å²) >= 11 is 3.71. The van der Waals surface area contributed by atoms with Crippen molar-refractivity contribution in [3.05, 3.63) is 52.8 Å². The number of nitrogens with one attached hydrogen (secondary N) is 1. The summed E-state index contributed by atoms with van der Waals surface area (Å²) < 4.78 is 2.20. The summed E-state index contributed by atoms with van der Waals surface area (Å²) in [6, 6.07) is 10.5. The van der Waals surface area contributed by atoms with Gasteiger partial charge >= 0.3 is 0 Å². The van der Waals surface area contributed by atoms with Gasteiger partial charge in [0.1, 0.15) is 0 Å². The van der Waals surface area contributed by atoms with Gasteiger partial charge in [0.2, 0.25) is 5.91 Å². The predicted molar refractivity (Wildman–Crippen MR) is 114 cm³/mol. The van der Waals surface area contributed by atoms with Crippen molar-refractivity contribution in [1.82, 2.24) is 9.99 Å². The number of aryl methyl sites for hydroxylation is 2. The highest BCUT2D eigenvalue weighted by molar-refractivity contribution is 8.21. The summed E-state index contributed by atoms with van der Waals surface area (Å²) in [5.41, 5.74) is 8.33. The molecule has 1 saturated heterocycles. The molecular weight excluding hydrogens is 362 g/mol. The van der Waals surface area contributed by atoms with Crippen molar-refractivity contribution in [2.24, 2.45) is 5.10 Å². The number of hydrogen-bond donors (Lipinski definition) is 1. The van der Waals surface area contributed by atoms with Crippen molar-refractivity contribution in [2.75, 3.05) is 11.5 Å². The van der Waals surface area contributed by atoms with Crippen LogP contribution in [0.1, 0.15) is 35.9 Å². The van der Waals surface area contributed by atoms with E-state index in [4.69, 9.17) is 0 Å². The third-order valence-electron chi connectivity index (χ3n) is 4.50. The number of carbonyl (C=O) groups is 1. The van der Waals surface area contributed by atoms with E-state index in [1.807, 2.05) is 23.5 Å². The molecule has 2 heterocycles. The van der Waals surface area contributed by atoms with Crippen LogP contribution in [0.25, 0.3) is 5.69 Å². The van der Waals surface area contributed by atoms with Crippen molar-refractivity contribution in [3.63, 3.8) is 0 Å². The minimum atomic E-state index is -0.0295. The van der Waals surface area contributed by atoms with Crippen LogP contribution in [0, 0.1) is 20.8 Å². The largest absolute Gasteiger partial charge is 0.318 e. The summed E-state index contributed by atoms with van der Waals surface area (Å²) in [5, 5.41) is 4.18. The molecule has 0 atom stereocenters. The van der Waals surface area contributed by atoms with Gasteiger partial charge in [-0.1, -0.05) is 12.1 Å². The zero-order valence-corrected chi connectivity index (χ0v) is 17.3. The molecule has 6 heteroatoms. The van der Waals surface area contributed by atoms with Gasteiger partial charge in [-0.2, -0.15) is 5.10 Å². The highest BCUT2D eigenvalue weighted by Crippen LogP contribution is 2.45. The number of thioether (sulfide) groups is 2. The van der Waals surface area contributed by atoms with Crippen LogP contribution in [0.15, 0.2) is 35.4 Å². The Morgan fingerprint density at radius 3 is 2.69 bits per heavy atom. The molecule has 0 aliphatic carbocycles. The first-order chi connectivity index (χ1) is 12.4. The average molecular weight is 388 g/mol. The molecule has 1 aromatic heterocycles. The molecule has 1 aliphatic rings. The van der Waals surface area contributed by atoms with E-state index in [0.717, 1.165) is 34.1 Å². The van der Waals surface area contributed by atoms with E-state index in [0.29, 0.717) is 6.42 Å². The Bertz CT molecular complexity index is 836. The minimum absolute atomic E-state index is 0.0133. The predicted octanol–water partition coefficient (Wildman–Crippen LogP) is 4.44. The molecule has 26 heavy (non-hydrogen) atoms. The fraction of sp³-hybridized carbons (Fsp3) is 0.400. The van der Waals surface area contributed by atoms with E-state index < -0.39 is 0 Å². The number of aromatic nitrogens is 1. The van der Waals surface area contributed by atoms with E-state index in [2.05, 4.69) is 73.1 Å². The summed E-state index contributed by atoms with van der Waals surface area (Å²) in [5.74, 6) is 2.20. The molecule has 1 fully saturated rings. The van der Waals surface area contributed by atoms with Crippen LogP contribution < -0.4 is 5.43 Å². The van der Waals surface area contributed by atoms with E-state index in [9.17, 15) is 4.79 Å². The van der Waals surface area contributed by atoms with Crippen LogP contribution in [0.4, 0.5) is 0 Å². The van der Waals surface area contributed by atoms with Gasteiger partial charge in [0.15, 0.2) is 0 Å². The van der Waals surface area contributed by atoms with Gasteiger partial charge in [0, 0.05) is 34.1 Å². The Kier molecular flexibility index (Phi) is 5.82. The molecule has 138 valence electrons. The second kappa shape index (κ2) is 7.92. The lowest BCUT2D eigenvalue weighted by molar-refractivity contribution is -0.121. The molecule has 1 N–H and O–H groups in total. The third kappa shape index (κ3) is 4.35. The van der Waals surface area contributed by atoms with Crippen molar-refractivity contribution in [2.45, 2.75) is 38.2 Å². The van der Waals surface area contributed by atoms with Crippen LogP contribution in [-0.4, -0.2) is 32.3 Å². The molecule has 0 bridgehead atoms. The molecule has 3 rings (SSSR count). The van der Waals surface area contributed by atoms with Gasteiger partial charge in [-0.15, -0.1) is 23.5 Å². The standard InChI is InChI=1S/C20H25N3OS2/c1-14-6-5-7-18(10-14)23-15(2)11-17(16(23)3)13-21-22-19(24)12-20(4)25-8-9-26-20/h5-7,10-11,13H,8-9,12H2,1-4H3,(H,22,24)/b21-13-. The van der Waals surface area contributed by atoms with Gasteiger partial charge in [0.25, 0.3) is 0 Å². The molecule has 0 radical (unpaired) electrons. The zero-order chi connectivity index (χ0) is 18.7. The van der Waals surface area contributed by atoms with Crippen LogP contribution in [-0.2, 0) is 4.79 Å². The third-order valence-corrected chi connectivity index (χ3v) is 7.79. The Hall–Kier alpha value is -1.66. The summed E-state index contributed by atoms with van der Waals surface area (Å²) in [6.45, 7) is 8.39. The second-order valence-electron chi connectivity index (χ2n) is 6.80. The number of benzene rings is 1. The molecular formula is C20H25N3OS2. The molecule has 0 spiro atoms. The fourth-order valence-electron chi connectivity index (χ4n) is 3.25. The van der Waals surface area contributed by atoms with Gasteiger partial charge < -0.3 is 4.57 Å².